The van der Waals surface area contributed by atoms with E-state index in [0.717, 1.165) is 0 Å². The highest BCUT2D eigenvalue weighted by Crippen LogP contribution is 2.06. The highest BCUT2D eigenvalue weighted by atomic mass is 16.4. The van der Waals surface area contributed by atoms with Gasteiger partial charge in [-0.3, -0.25) is 9.59 Å². The average Bonchev–Trinajstić information content (AvgIpc) is 2.30. The first-order chi connectivity index (χ1) is 8.85. The van der Waals surface area contributed by atoms with E-state index in [9.17, 15) is 14.4 Å². The molecule has 0 aromatic rings. The van der Waals surface area contributed by atoms with Crippen molar-refractivity contribution in [2.75, 3.05) is 13.1 Å². The van der Waals surface area contributed by atoms with E-state index in [1.807, 2.05) is 20.8 Å². The van der Waals surface area contributed by atoms with Crippen LogP contribution >= 0.6 is 0 Å². The number of carboxylic acids is 1. The number of aliphatic carboxylic acids is 1. The maximum Gasteiger partial charge on any atom is 0.315 e. The molecule has 0 aromatic heterocycles. The molecule has 4 N–H and O–H groups in total. The fourth-order valence-corrected chi connectivity index (χ4v) is 1.44. The highest BCUT2D eigenvalue weighted by Gasteiger charge is 2.12. The van der Waals surface area contributed by atoms with Crippen LogP contribution in [0.3, 0.4) is 0 Å². The van der Waals surface area contributed by atoms with E-state index in [0.29, 0.717) is 6.42 Å². The van der Waals surface area contributed by atoms with Crippen molar-refractivity contribution in [3.8, 4) is 0 Å². The van der Waals surface area contributed by atoms with Crippen LogP contribution in [0.25, 0.3) is 0 Å². The van der Waals surface area contributed by atoms with Gasteiger partial charge < -0.3 is 21.1 Å². The monoisotopic (exact) mass is 273 g/mol. The summed E-state index contributed by atoms with van der Waals surface area (Å²) in [4.78, 5) is 33.2. The zero-order chi connectivity index (χ0) is 14.8. The first kappa shape index (κ1) is 17.2. The fourth-order valence-electron chi connectivity index (χ4n) is 1.44. The predicted octanol–water partition coefficient (Wildman–Crippen LogP) is 0.311. The summed E-state index contributed by atoms with van der Waals surface area (Å²) in [7, 11) is 0. The molecule has 0 bridgehead atoms. The standard InChI is InChI=1S/C12H23N3O4/c1-4-9(5-11(17)18)6-13-12(19)14-7-10(16)15-8(2)3/h8-9H,4-7H2,1-3H3,(H,15,16)(H,17,18)(H2,13,14,19). The fraction of sp³-hybridized carbons (Fsp3) is 0.750. The summed E-state index contributed by atoms with van der Waals surface area (Å²) in [5, 5.41) is 16.3. The third kappa shape index (κ3) is 9.87. The van der Waals surface area contributed by atoms with Crippen molar-refractivity contribution in [2.24, 2.45) is 5.92 Å². The number of rotatable bonds is 8. The number of carboxylic acid groups (broad SMARTS) is 1. The summed E-state index contributed by atoms with van der Waals surface area (Å²) in [6, 6.07) is -0.444. The van der Waals surface area contributed by atoms with Crippen LogP contribution in [0, 0.1) is 5.92 Å². The molecule has 0 aliphatic heterocycles. The minimum Gasteiger partial charge on any atom is -0.481 e. The quantitative estimate of drug-likeness (QED) is 0.510. The van der Waals surface area contributed by atoms with E-state index in [1.165, 1.54) is 0 Å². The van der Waals surface area contributed by atoms with Crippen molar-refractivity contribution < 1.29 is 19.5 Å². The van der Waals surface area contributed by atoms with Crippen molar-refractivity contribution in [2.45, 2.75) is 39.7 Å². The number of hydrogen-bond donors (Lipinski definition) is 4. The number of hydrogen-bond acceptors (Lipinski definition) is 3. The van der Waals surface area contributed by atoms with Gasteiger partial charge in [0.2, 0.25) is 5.91 Å². The van der Waals surface area contributed by atoms with E-state index >= 15 is 0 Å². The minimum absolute atomic E-state index is 0.0185. The maximum absolute atomic E-state index is 11.4. The van der Waals surface area contributed by atoms with Crippen molar-refractivity contribution in [3.05, 3.63) is 0 Å². The summed E-state index contributed by atoms with van der Waals surface area (Å²) >= 11 is 0. The van der Waals surface area contributed by atoms with Gasteiger partial charge in [-0.05, 0) is 19.8 Å². The molecule has 0 heterocycles. The normalized spacial score (nSPS) is 11.8. The molecule has 7 nitrogen and oxygen atoms in total. The van der Waals surface area contributed by atoms with Crippen LogP contribution < -0.4 is 16.0 Å². The Labute approximate surface area is 113 Å². The predicted molar refractivity (Wildman–Crippen MR) is 70.7 cm³/mol. The highest BCUT2D eigenvalue weighted by molar-refractivity contribution is 5.84. The van der Waals surface area contributed by atoms with Crippen LogP contribution in [0.5, 0.6) is 0 Å². The molecule has 0 aliphatic rings. The van der Waals surface area contributed by atoms with Crippen molar-refractivity contribution in [3.63, 3.8) is 0 Å². The molecular formula is C12H23N3O4. The Morgan fingerprint density at radius 2 is 1.79 bits per heavy atom. The number of amides is 3. The van der Waals surface area contributed by atoms with Crippen LogP contribution in [-0.2, 0) is 9.59 Å². The third-order valence-electron chi connectivity index (χ3n) is 2.45. The Bertz CT molecular complexity index is 318. The van der Waals surface area contributed by atoms with E-state index in [1.54, 1.807) is 0 Å². The Balaban J connectivity index is 3.85. The second-order valence-corrected chi connectivity index (χ2v) is 4.66. The molecule has 1 atom stereocenters. The van der Waals surface area contributed by atoms with E-state index in [-0.39, 0.29) is 37.4 Å². The van der Waals surface area contributed by atoms with Crippen LogP contribution in [0.15, 0.2) is 0 Å². The Morgan fingerprint density at radius 3 is 2.26 bits per heavy atom. The van der Waals surface area contributed by atoms with E-state index in [2.05, 4.69) is 16.0 Å². The van der Waals surface area contributed by atoms with Gasteiger partial charge in [-0.1, -0.05) is 13.3 Å². The van der Waals surface area contributed by atoms with Gasteiger partial charge in [0.05, 0.1) is 6.54 Å². The molecular weight excluding hydrogens is 250 g/mol. The molecule has 1 unspecified atom stereocenters. The summed E-state index contributed by atoms with van der Waals surface area (Å²) < 4.78 is 0. The van der Waals surface area contributed by atoms with E-state index < -0.39 is 12.0 Å². The van der Waals surface area contributed by atoms with Gasteiger partial charge >= 0.3 is 12.0 Å². The summed E-state index contributed by atoms with van der Waals surface area (Å²) in [6.07, 6.45) is 0.686. The van der Waals surface area contributed by atoms with Crippen molar-refractivity contribution in [1.82, 2.24) is 16.0 Å². The van der Waals surface area contributed by atoms with Gasteiger partial charge in [-0.15, -0.1) is 0 Å². The number of carbonyl (C=O) groups is 3. The zero-order valence-corrected chi connectivity index (χ0v) is 11.7. The molecule has 110 valence electrons. The summed E-state index contributed by atoms with van der Waals surface area (Å²) in [5.74, 6) is -1.25. The smallest absolute Gasteiger partial charge is 0.315 e. The maximum atomic E-state index is 11.4. The molecule has 3 amide bonds. The van der Waals surface area contributed by atoms with Crippen molar-refractivity contribution in [1.29, 1.82) is 0 Å². The lowest BCUT2D eigenvalue weighted by molar-refractivity contribution is -0.138. The second-order valence-electron chi connectivity index (χ2n) is 4.66. The minimum atomic E-state index is -0.884. The summed E-state index contributed by atoms with van der Waals surface area (Å²) in [6.45, 7) is 5.70. The van der Waals surface area contributed by atoms with Crippen LogP contribution in [0.2, 0.25) is 0 Å². The first-order valence-corrected chi connectivity index (χ1v) is 6.38. The molecule has 0 radical (unpaired) electrons. The lowest BCUT2D eigenvalue weighted by Crippen LogP contribution is -2.44. The first-order valence-electron chi connectivity index (χ1n) is 6.38. The van der Waals surface area contributed by atoms with Gasteiger partial charge in [0.25, 0.3) is 0 Å². The lowest BCUT2D eigenvalue weighted by atomic mass is 10.0. The van der Waals surface area contributed by atoms with Crippen LogP contribution in [0.4, 0.5) is 4.79 Å². The molecule has 0 aromatic carbocycles. The van der Waals surface area contributed by atoms with E-state index in [4.69, 9.17) is 5.11 Å². The van der Waals surface area contributed by atoms with Gasteiger partial charge in [0, 0.05) is 19.0 Å². The SMILES string of the molecule is CCC(CNC(=O)NCC(=O)NC(C)C)CC(=O)O. The molecule has 7 heteroatoms. The largest absolute Gasteiger partial charge is 0.481 e. The topological polar surface area (TPSA) is 108 Å². The van der Waals surface area contributed by atoms with Crippen LogP contribution in [-0.4, -0.2) is 42.1 Å². The molecule has 0 fully saturated rings. The number of carbonyl (C=O) groups excluding carboxylic acids is 2. The van der Waals surface area contributed by atoms with Gasteiger partial charge in [-0.2, -0.15) is 0 Å². The molecule has 0 rings (SSSR count). The molecule has 0 saturated heterocycles. The van der Waals surface area contributed by atoms with Gasteiger partial charge in [0.15, 0.2) is 0 Å². The second kappa shape index (κ2) is 9.18. The Morgan fingerprint density at radius 1 is 1.16 bits per heavy atom. The zero-order valence-electron chi connectivity index (χ0n) is 11.7. The molecule has 0 spiro atoms. The molecule has 0 aliphatic carbocycles. The van der Waals surface area contributed by atoms with Crippen molar-refractivity contribution >= 4 is 17.9 Å². The number of urea groups is 1. The van der Waals surface area contributed by atoms with Crippen LogP contribution in [0.1, 0.15) is 33.6 Å². The molecule has 0 saturated carbocycles. The summed E-state index contributed by atoms with van der Waals surface area (Å²) in [5.41, 5.74) is 0. The van der Waals surface area contributed by atoms with Gasteiger partial charge in [0.1, 0.15) is 0 Å². The Kier molecular flexibility index (Phi) is 8.32. The molecule has 19 heavy (non-hydrogen) atoms. The third-order valence-corrected chi connectivity index (χ3v) is 2.45. The Hall–Kier alpha value is -1.79. The average molecular weight is 273 g/mol. The van der Waals surface area contributed by atoms with Gasteiger partial charge in [-0.25, -0.2) is 4.79 Å². The lowest BCUT2D eigenvalue weighted by Gasteiger charge is -2.14. The number of nitrogens with one attached hydrogen (secondary N) is 3.